The lowest BCUT2D eigenvalue weighted by atomic mass is 10.1. The summed E-state index contributed by atoms with van der Waals surface area (Å²) >= 11 is 0. The van der Waals surface area contributed by atoms with Crippen molar-refractivity contribution in [2.24, 2.45) is 5.73 Å². The Balaban J connectivity index is 2.76. The maximum absolute atomic E-state index is 8.93. The van der Waals surface area contributed by atoms with Gasteiger partial charge in [-0.25, -0.2) is 0 Å². The van der Waals surface area contributed by atoms with Gasteiger partial charge in [0.1, 0.15) is 0 Å². The summed E-state index contributed by atoms with van der Waals surface area (Å²) in [6.07, 6.45) is 2.71. The van der Waals surface area contributed by atoms with Gasteiger partial charge in [0.05, 0.1) is 24.2 Å². The number of aliphatic hydroxyl groups is 1. The lowest BCUT2D eigenvalue weighted by molar-refractivity contribution is 0.302. The van der Waals surface area contributed by atoms with Crippen molar-refractivity contribution in [3.05, 3.63) is 24.0 Å². The maximum Gasteiger partial charge on any atom is 0.0606 e. The Morgan fingerprint density at radius 3 is 2.62 bits per heavy atom. The summed E-state index contributed by atoms with van der Waals surface area (Å²) in [5, 5.41) is 8.93. The summed E-state index contributed by atoms with van der Waals surface area (Å²) in [5.41, 5.74) is 7.85. The highest BCUT2D eigenvalue weighted by molar-refractivity contribution is 5.44. The number of likely N-dealkylation sites (N-methyl/N-ethyl adjacent to an activating group) is 1. The van der Waals surface area contributed by atoms with Crippen LogP contribution in [0.25, 0.3) is 0 Å². The number of nitrogens with two attached hydrogens (primary N) is 1. The van der Waals surface area contributed by atoms with Gasteiger partial charge >= 0.3 is 0 Å². The Kier molecular flexibility index (Phi) is 5.22. The second kappa shape index (κ2) is 6.45. The van der Waals surface area contributed by atoms with Crippen molar-refractivity contribution in [2.75, 3.05) is 24.6 Å². The summed E-state index contributed by atoms with van der Waals surface area (Å²) in [4.78, 5) is 6.43. The van der Waals surface area contributed by atoms with Crippen LogP contribution in [0.2, 0.25) is 0 Å². The fourth-order valence-corrected chi connectivity index (χ4v) is 1.60. The molecular weight excluding hydrogens is 202 g/mol. The molecule has 3 N–H and O–H groups in total. The van der Waals surface area contributed by atoms with Crippen LogP contribution in [0.5, 0.6) is 0 Å². The molecule has 16 heavy (non-hydrogen) atoms. The Morgan fingerprint density at radius 2 is 2.19 bits per heavy atom. The molecule has 0 aromatic carbocycles. The molecule has 0 bridgehead atoms. The van der Waals surface area contributed by atoms with Gasteiger partial charge in [-0.05, 0) is 25.5 Å². The minimum Gasteiger partial charge on any atom is -0.395 e. The standard InChI is InChI=1S/C12H21N3O/c1-3-11(13)12-6-5-10(9-14-12)15(4-2)7-8-16/h5-6,9,11,16H,3-4,7-8,13H2,1-2H3/t11-/m1/s1. The van der Waals surface area contributed by atoms with E-state index in [0.29, 0.717) is 6.54 Å². The largest absolute Gasteiger partial charge is 0.395 e. The molecule has 0 aliphatic heterocycles. The van der Waals surface area contributed by atoms with Crippen LogP contribution in [-0.2, 0) is 0 Å². The van der Waals surface area contributed by atoms with Crippen molar-refractivity contribution in [1.29, 1.82) is 0 Å². The molecule has 1 aromatic heterocycles. The van der Waals surface area contributed by atoms with Gasteiger partial charge in [0, 0.05) is 19.1 Å². The zero-order valence-corrected chi connectivity index (χ0v) is 10.1. The van der Waals surface area contributed by atoms with Crippen LogP contribution >= 0.6 is 0 Å². The lowest BCUT2D eigenvalue weighted by Gasteiger charge is -2.22. The molecule has 0 aliphatic carbocycles. The molecule has 0 unspecified atom stereocenters. The normalized spacial score (nSPS) is 12.5. The van der Waals surface area contributed by atoms with Gasteiger partial charge in [0.2, 0.25) is 0 Å². The minimum absolute atomic E-state index is 0.0157. The van der Waals surface area contributed by atoms with Gasteiger partial charge in [-0.15, -0.1) is 0 Å². The highest BCUT2D eigenvalue weighted by Gasteiger charge is 2.07. The van der Waals surface area contributed by atoms with Crippen molar-refractivity contribution >= 4 is 5.69 Å². The summed E-state index contributed by atoms with van der Waals surface area (Å²) in [5.74, 6) is 0. The van der Waals surface area contributed by atoms with E-state index in [2.05, 4.69) is 16.8 Å². The van der Waals surface area contributed by atoms with E-state index < -0.39 is 0 Å². The van der Waals surface area contributed by atoms with Crippen molar-refractivity contribution in [1.82, 2.24) is 4.98 Å². The van der Waals surface area contributed by atoms with Crippen LogP contribution in [-0.4, -0.2) is 29.8 Å². The van der Waals surface area contributed by atoms with Gasteiger partial charge in [-0.3, -0.25) is 4.98 Å². The van der Waals surface area contributed by atoms with Gasteiger partial charge < -0.3 is 15.7 Å². The van der Waals surface area contributed by atoms with E-state index in [0.717, 1.165) is 24.3 Å². The predicted octanol–water partition coefficient (Wildman–Crippen LogP) is 1.31. The molecule has 0 radical (unpaired) electrons. The molecule has 0 saturated heterocycles. The third-order valence-corrected chi connectivity index (χ3v) is 2.71. The predicted molar refractivity (Wildman–Crippen MR) is 66.4 cm³/mol. The molecule has 0 fully saturated rings. The quantitative estimate of drug-likeness (QED) is 0.763. The molecule has 0 amide bonds. The number of hydrogen-bond donors (Lipinski definition) is 2. The second-order valence-electron chi connectivity index (χ2n) is 3.76. The zero-order chi connectivity index (χ0) is 12.0. The topological polar surface area (TPSA) is 62.4 Å². The summed E-state index contributed by atoms with van der Waals surface area (Å²) in [7, 11) is 0. The molecule has 1 rings (SSSR count). The Hall–Kier alpha value is -1.13. The zero-order valence-electron chi connectivity index (χ0n) is 10.1. The van der Waals surface area contributed by atoms with E-state index in [1.165, 1.54) is 0 Å². The number of aromatic nitrogens is 1. The monoisotopic (exact) mass is 223 g/mol. The fourth-order valence-electron chi connectivity index (χ4n) is 1.60. The molecule has 0 aliphatic rings. The van der Waals surface area contributed by atoms with Crippen molar-refractivity contribution in [2.45, 2.75) is 26.3 Å². The van der Waals surface area contributed by atoms with Crippen LogP contribution in [0, 0.1) is 0 Å². The number of anilines is 1. The highest BCUT2D eigenvalue weighted by Crippen LogP contribution is 2.16. The first-order valence-corrected chi connectivity index (χ1v) is 5.80. The first-order chi connectivity index (χ1) is 7.72. The van der Waals surface area contributed by atoms with Crippen molar-refractivity contribution in [3.63, 3.8) is 0 Å². The average Bonchev–Trinajstić information content (AvgIpc) is 2.35. The maximum atomic E-state index is 8.93. The summed E-state index contributed by atoms with van der Waals surface area (Å²) in [6, 6.07) is 3.99. The van der Waals surface area contributed by atoms with Gasteiger partial charge in [0.15, 0.2) is 0 Å². The van der Waals surface area contributed by atoms with E-state index in [9.17, 15) is 0 Å². The number of pyridine rings is 1. The molecule has 1 aromatic rings. The number of aliphatic hydroxyl groups excluding tert-OH is 1. The third-order valence-electron chi connectivity index (χ3n) is 2.71. The van der Waals surface area contributed by atoms with Crippen LogP contribution < -0.4 is 10.6 Å². The summed E-state index contributed by atoms with van der Waals surface area (Å²) in [6.45, 7) is 5.76. The van der Waals surface area contributed by atoms with Crippen LogP contribution in [0.15, 0.2) is 18.3 Å². The molecular formula is C12H21N3O. The van der Waals surface area contributed by atoms with E-state index in [1.54, 1.807) is 0 Å². The van der Waals surface area contributed by atoms with Gasteiger partial charge in [-0.1, -0.05) is 6.92 Å². The van der Waals surface area contributed by atoms with Crippen LogP contribution in [0.1, 0.15) is 32.0 Å². The molecule has 1 atom stereocenters. The second-order valence-corrected chi connectivity index (χ2v) is 3.76. The van der Waals surface area contributed by atoms with E-state index in [1.807, 2.05) is 25.3 Å². The average molecular weight is 223 g/mol. The number of nitrogens with zero attached hydrogens (tertiary/aromatic N) is 2. The Labute approximate surface area is 97.1 Å². The lowest BCUT2D eigenvalue weighted by Crippen LogP contribution is -2.26. The van der Waals surface area contributed by atoms with Crippen molar-refractivity contribution in [3.8, 4) is 0 Å². The number of rotatable bonds is 6. The smallest absolute Gasteiger partial charge is 0.0606 e. The van der Waals surface area contributed by atoms with E-state index >= 15 is 0 Å². The van der Waals surface area contributed by atoms with E-state index in [4.69, 9.17) is 10.8 Å². The van der Waals surface area contributed by atoms with Gasteiger partial charge in [-0.2, -0.15) is 0 Å². The molecule has 0 spiro atoms. The van der Waals surface area contributed by atoms with Crippen LogP contribution in [0.4, 0.5) is 5.69 Å². The molecule has 4 heteroatoms. The first-order valence-electron chi connectivity index (χ1n) is 5.80. The highest BCUT2D eigenvalue weighted by atomic mass is 16.3. The Morgan fingerprint density at radius 1 is 1.44 bits per heavy atom. The fraction of sp³-hybridized carbons (Fsp3) is 0.583. The molecule has 0 saturated carbocycles. The van der Waals surface area contributed by atoms with Crippen molar-refractivity contribution < 1.29 is 5.11 Å². The number of hydrogen-bond acceptors (Lipinski definition) is 4. The molecule has 1 heterocycles. The first kappa shape index (κ1) is 12.9. The molecule has 90 valence electrons. The van der Waals surface area contributed by atoms with E-state index in [-0.39, 0.29) is 12.6 Å². The minimum atomic E-state index is 0.0157. The van der Waals surface area contributed by atoms with Gasteiger partial charge in [0.25, 0.3) is 0 Å². The van der Waals surface area contributed by atoms with Crippen LogP contribution in [0.3, 0.4) is 0 Å². The summed E-state index contributed by atoms with van der Waals surface area (Å²) < 4.78 is 0. The molecule has 4 nitrogen and oxygen atoms in total. The third kappa shape index (κ3) is 3.18. The SMILES string of the molecule is CC[C@@H](N)c1ccc(N(CC)CCO)cn1. The Bertz CT molecular complexity index is 300.